The zero-order valence-electron chi connectivity index (χ0n) is 12.9. The Hall–Kier alpha value is -0.890. The predicted molar refractivity (Wildman–Crippen MR) is 83.2 cm³/mol. The Morgan fingerprint density at radius 3 is 2.55 bits per heavy atom. The number of nitrogens with one attached hydrogen (secondary N) is 1. The highest BCUT2D eigenvalue weighted by Gasteiger charge is 2.27. The van der Waals surface area contributed by atoms with Crippen molar-refractivity contribution in [3.63, 3.8) is 0 Å². The second-order valence-electron chi connectivity index (χ2n) is 6.18. The van der Waals surface area contributed by atoms with Gasteiger partial charge in [0.1, 0.15) is 5.82 Å². The molecule has 1 unspecified atom stereocenters. The van der Waals surface area contributed by atoms with Gasteiger partial charge in [0, 0.05) is 6.04 Å². The Kier molecular flexibility index (Phi) is 6.03. The van der Waals surface area contributed by atoms with Crippen LogP contribution in [0.2, 0.25) is 0 Å². The van der Waals surface area contributed by atoms with Gasteiger partial charge in [-0.25, -0.2) is 4.39 Å². The number of hydrogen-bond donors (Lipinski definition) is 1. The van der Waals surface area contributed by atoms with Gasteiger partial charge in [-0.15, -0.1) is 0 Å². The average Bonchev–Trinajstić information content (AvgIpc) is 2.48. The van der Waals surface area contributed by atoms with Crippen LogP contribution in [0, 0.1) is 17.7 Å². The molecular formula is C18H28FN. The minimum atomic E-state index is -0.118. The van der Waals surface area contributed by atoms with E-state index in [0.717, 1.165) is 24.4 Å². The van der Waals surface area contributed by atoms with Crippen molar-refractivity contribution < 1.29 is 4.39 Å². The Balaban J connectivity index is 2.07. The third-order valence-corrected chi connectivity index (χ3v) is 4.76. The van der Waals surface area contributed by atoms with Crippen molar-refractivity contribution in [1.82, 2.24) is 5.32 Å². The molecule has 0 heterocycles. The lowest BCUT2D eigenvalue weighted by atomic mass is 9.76. The number of benzene rings is 1. The van der Waals surface area contributed by atoms with E-state index in [1.807, 2.05) is 6.07 Å². The van der Waals surface area contributed by atoms with Crippen molar-refractivity contribution >= 4 is 0 Å². The number of halogens is 1. The van der Waals surface area contributed by atoms with Crippen LogP contribution in [0.3, 0.4) is 0 Å². The summed E-state index contributed by atoms with van der Waals surface area (Å²) >= 11 is 0. The van der Waals surface area contributed by atoms with Crippen LogP contribution in [0.5, 0.6) is 0 Å². The van der Waals surface area contributed by atoms with E-state index >= 15 is 0 Å². The fraction of sp³-hybridized carbons (Fsp3) is 0.667. The highest BCUT2D eigenvalue weighted by Crippen LogP contribution is 2.38. The zero-order chi connectivity index (χ0) is 14.4. The number of hydrogen-bond acceptors (Lipinski definition) is 1. The first kappa shape index (κ1) is 15.5. The minimum Gasteiger partial charge on any atom is -0.310 e. The molecule has 1 N–H and O–H groups in total. The van der Waals surface area contributed by atoms with Crippen molar-refractivity contribution in [2.45, 2.75) is 58.4 Å². The maximum absolute atomic E-state index is 13.5. The lowest BCUT2D eigenvalue weighted by molar-refractivity contribution is 0.218. The lowest BCUT2D eigenvalue weighted by Gasteiger charge is -2.34. The lowest BCUT2D eigenvalue weighted by Crippen LogP contribution is -2.31. The predicted octanol–water partition coefficient (Wildman–Crippen LogP) is 5.08. The van der Waals surface area contributed by atoms with Crippen LogP contribution in [-0.4, -0.2) is 6.54 Å². The summed E-state index contributed by atoms with van der Waals surface area (Å²) in [5.41, 5.74) is 1.12. The highest BCUT2D eigenvalue weighted by atomic mass is 19.1. The SMILES string of the molecule is CCCNC(c1cccc(F)c1)C1CCC(CC)CC1. The molecule has 1 atom stereocenters. The third-order valence-electron chi connectivity index (χ3n) is 4.76. The summed E-state index contributed by atoms with van der Waals surface area (Å²) in [5.74, 6) is 1.45. The standard InChI is InChI=1S/C18H28FN/c1-3-12-20-18(16-6-5-7-17(19)13-16)15-10-8-14(4-2)9-11-15/h5-7,13-15,18,20H,3-4,8-12H2,1-2H3. The fourth-order valence-corrected chi connectivity index (χ4v) is 3.49. The first-order chi connectivity index (χ1) is 9.74. The molecule has 112 valence electrons. The van der Waals surface area contributed by atoms with Gasteiger partial charge in [-0.3, -0.25) is 0 Å². The Morgan fingerprint density at radius 1 is 1.20 bits per heavy atom. The van der Waals surface area contributed by atoms with Crippen molar-refractivity contribution in [1.29, 1.82) is 0 Å². The molecule has 0 aliphatic heterocycles. The first-order valence-electron chi connectivity index (χ1n) is 8.23. The van der Waals surface area contributed by atoms with Gasteiger partial charge in [0.15, 0.2) is 0 Å². The molecule has 0 bridgehead atoms. The monoisotopic (exact) mass is 277 g/mol. The Bertz CT molecular complexity index is 396. The quantitative estimate of drug-likeness (QED) is 0.764. The molecule has 1 aliphatic carbocycles. The minimum absolute atomic E-state index is 0.118. The van der Waals surface area contributed by atoms with Crippen LogP contribution in [0.15, 0.2) is 24.3 Å². The molecule has 1 aromatic carbocycles. The van der Waals surface area contributed by atoms with Gasteiger partial charge in [-0.1, -0.05) is 45.2 Å². The molecule has 0 saturated heterocycles. The summed E-state index contributed by atoms with van der Waals surface area (Å²) < 4.78 is 13.5. The van der Waals surface area contributed by atoms with Gasteiger partial charge in [0.25, 0.3) is 0 Å². The number of rotatable bonds is 6. The summed E-state index contributed by atoms with van der Waals surface area (Å²) in [6.45, 7) is 5.49. The summed E-state index contributed by atoms with van der Waals surface area (Å²) in [6, 6.07) is 7.47. The maximum atomic E-state index is 13.5. The van der Waals surface area contributed by atoms with Crippen molar-refractivity contribution in [3.8, 4) is 0 Å². The van der Waals surface area contributed by atoms with E-state index in [9.17, 15) is 4.39 Å². The first-order valence-corrected chi connectivity index (χ1v) is 8.23. The maximum Gasteiger partial charge on any atom is 0.123 e. The van der Waals surface area contributed by atoms with Gasteiger partial charge in [-0.05, 0) is 55.3 Å². The van der Waals surface area contributed by atoms with E-state index in [1.54, 1.807) is 6.07 Å². The van der Waals surface area contributed by atoms with E-state index in [4.69, 9.17) is 0 Å². The van der Waals surface area contributed by atoms with E-state index in [0.29, 0.717) is 12.0 Å². The van der Waals surface area contributed by atoms with Gasteiger partial charge in [-0.2, -0.15) is 0 Å². The topological polar surface area (TPSA) is 12.0 Å². The Morgan fingerprint density at radius 2 is 1.95 bits per heavy atom. The summed E-state index contributed by atoms with van der Waals surface area (Å²) in [4.78, 5) is 0. The molecule has 0 radical (unpaired) electrons. The van der Waals surface area contributed by atoms with Crippen LogP contribution < -0.4 is 5.32 Å². The van der Waals surface area contributed by atoms with E-state index < -0.39 is 0 Å². The van der Waals surface area contributed by atoms with Crippen LogP contribution in [0.1, 0.15) is 64.0 Å². The van der Waals surface area contributed by atoms with Crippen LogP contribution >= 0.6 is 0 Å². The third kappa shape index (κ3) is 4.05. The largest absolute Gasteiger partial charge is 0.310 e. The van der Waals surface area contributed by atoms with Crippen molar-refractivity contribution in [3.05, 3.63) is 35.6 Å². The van der Waals surface area contributed by atoms with Crippen molar-refractivity contribution in [2.24, 2.45) is 11.8 Å². The van der Waals surface area contributed by atoms with Gasteiger partial charge in [0.2, 0.25) is 0 Å². The second-order valence-corrected chi connectivity index (χ2v) is 6.18. The van der Waals surface area contributed by atoms with Crippen molar-refractivity contribution in [2.75, 3.05) is 6.54 Å². The molecule has 0 aromatic heterocycles. The second kappa shape index (κ2) is 7.78. The Labute approximate surface area is 123 Å². The molecule has 2 rings (SSSR count). The smallest absolute Gasteiger partial charge is 0.123 e. The fourth-order valence-electron chi connectivity index (χ4n) is 3.49. The highest BCUT2D eigenvalue weighted by molar-refractivity contribution is 5.21. The molecule has 1 aliphatic rings. The van der Waals surface area contributed by atoms with Gasteiger partial charge >= 0.3 is 0 Å². The van der Waals surface area contributed by atoms with Gasteiger partial charge in [0.05, 0.1) is 0 Å². The average molecular weight is 277 g/mol. The molecular weight excluding hydrogens is 249 g/mol. The molecule has 0 spiro atoms. The molecule has 1 nitrogen and oxygen atoms in total. The zero-order valence-corrected chi connectivity index (χ0v) is 12.9. The normalized spacial score (nSPS) is 24.6. The summed E-state index contributed by atoms with van der Waals surface area (Å²) in [5, 5.41) is 3.65. The van der Waals surface area contributed by atoms with Gasteiger partial charge < -0.3 is 5.32 Å². The van der Waals surface area contributed by atoms with E-state index in [1.165, 1.54) is 38.2 Å². The van der Waals surface area contributed by atoms with Crippen LogP contribution in [0.4, 0.5) is 4.39 Å². The molecule has 1 fully saturated rings. The molecule has 1 aromatic rings. The summed E-state index contributed by atoms with van der Waals surface area (Å²) in [7, 11) is 0. The molecule has 20 heavy (non-hydrogen) atoms. The molecule has 0 amide bonds. The summed E-state index contributed by atoms with van der Waals surface area (Å²) in [6.07, 6.45) is 7.64. The van der Waals surface area contributed by atoms with Crippen LogP contribution in [0.25, 0.3) is 0 Å². The molecule has 2 heteroatoms. The molecule has 1 saturated carbocycles. The van der Waals surface area contributed by atoms with E-state index in [-0.39, 0.29) is 5.82 Å². The van der Waals surface area contributed by atoms with E-state index in [2.05, 4.69) is 25.2 Å². The van der Waals surface area contributed by atoms with Crippen LogP contribution in [-0.2, 0) is 0 Å².